The molecule has 1 fully saturated rings. The summed E-state index contributed by atoms with van der Waals surface area (Å²) in [5.41, 5.74) is 8.24. The predicted octanol–water partition coefficient (Wildman–Crippen LogP) is 1.93. The van der Waals surface area contributed by atoms with Gasteiger partial charge in [0.25, 0.3) is 6.01 Å². The minimum atomic E-state index is 0.600. The molecule has 0 bridgehead atoms. The number of imidazole rings is 1. The van der Waals surface area contributed by atoms with Gasteiger partial charge in [-0.25, -0.2) is 0 Å². The van der Waals surface area contributed by atoms with Crippen LogP contribution in [0.5, 0.6) is 6.01 Å². The standard InChI is InChI=1S/C11H13N3O/c12-8-3-4-9-10(5-8)14-11(13-9)15-6-7-1-2-7/h3-5,7H,1-2,6,12H2,(H,13,14). The van der Waals surface area contributed by atoms with E-state index in [-0.39, 0.29) is 0 Å². The third-order valence-corrected chi connectivity index (χ3v) is 2.64. The number of benzene rings is 1. The van der Waals surface area contributed by atoms with Crippen LogP contribution in [-0.4, -0.2) is 16.6 Å². The second kappa shape index (κ2) is 3.15. The molecule has 1 aliphatic carbocycles. The van der Waals surface area contributed by atoms with Crippen molar-refractivity contribution in [3.63, 3.8) is 0 Å². The van der Waals surface area contributed by atoms with Crippen LogP contribution in [0.3, 0.4) is 0 Å². The first-order valence-corrected chi connectivity index (χ1v) is 5.19. The van der Waals surface area contributed by atoms with E-state index in [2.05, 4.69) is 9.97 Å². The molecule has 1 aromatic heterocycles. The van der Waals surface area contributed by atoms with Gasteiger partial charge in [-0.15, -0.1) is 0 Å². The van der Waals surface area contributed by atoms with Crippen LogP contribution in [0.25, 0.3) is 11.0 Å². The highest BCUT2D eigenvalue weighted by atomic mass is 16.5. The number of nitrogens with two attached hydrogens (primary N) is 1. The molecule has 78 valence electrons. The lowest BCUT2D eigenvalue weighted by molar-refractivity contribution is 0.280. The average Bonchev–Trinajstić information content (AvgIpc) is 2.95. The van der Waals surface area contributed by atoms with Gasteiger partial charge in [-0.3, -0.25) is 0 Å². The molecule has 0 saturated heterocycles. The topological polar surface area (TPSA) is 63.9 Å². The minimum absolute atomic E-state index is 0.600. The molecule has 0 unspecified atom stereocenters. The number of hydrogen-bond acceptors (Lipinski definition) is 3. The highest BCUT2D eigenvalue weighted by Gasteiger charge is 2.22. The summed E-state index contributed by atoms with van der Waals surface area (Å²) >= 11 is 0. The molecule has 0 aliphatic heterocycles. The maximum atomic E-state index is 5.68. The summed E-state index contributed by atoms with van der Waals surface area (Å²) in [6.45, 7) is 0.773. The van der Waals surface area contributed by atoms with E-state index < -0.39 is 0 Å². The molecule has 0 radical (unpaired) electrons. The van der Waals surface area contributed by atoms with E-state index in [1.165, 1.54) is 12.8 Å². The normalized spacial score (nSPS) is 15.7. The van der Waals surface area contributed by atoms with Crippen LogP contribution in [-0.2, 0) is 0 Å². The smallest absolute Gasteiger partial charge is 0.294 e. The van der Waals surface area contributed by atoms with Gasteiger partial charge >= 0.3 is 0 Å². The van der Waals surface area contributed by atoms with E-state index in [0.29, 0.717) is 6.01 Å². The van der Waals surface area contributed by atoms with Crippen LogP contribution >= 0.6 is 0 Å². The van der Waals surface area contributed by atoms with Crippen molar-refractivity contribution >= 4 is 16.7 Å². The lowest BCUT2D eigenvalue weighted by Gasteiger charge is -1.98. The molecule has 1 aromatic carbocycles. The first-order valence-electron chi connectivity index (χ1n) is 5.19. The molecule has 3 N–H and O–H groups in total. The number of hydrogen-bond donors (Lipinski definition) is 2. The molecule has 2 aromatic rings. The van der Waals surface area contributed by atoms with Gasteiger partial charge in [0.15, 0.2) is 0 Å². The van der Waals surface area contributed by atoms with E-state index in [0.717, 1.165) is 29.2 Å². The fourth-order valence-electron chi connectivity index (χ4n) is 1.55. The van der Waals surface area contributed by atoms with Gasteiger partial charge in [-0.05, 0) is 37.0 Å². The van der Waals surface area contributed by atoms with Crippen LogP contribution in [0.4, 0.5) is 5.69 Å². The van der Waals surface area contributed by atoms with E-state index in [1.54, 1.807) is 0 Å². The van der Waals surface area contributed by atoms with E-state index >= 15 is 0 Å². The van der Waals surface area contributed by atoms with Gasteiger partial charge in [0.2, 0.25) is 0 Å². The Morgan fingerprint density at radius 1 is 1.47 bits per heavy atom. The number of fused-ring (bicyclic) bond motifs is 1. The largest absolute Gasteiger partial charge is 0.465 e. The predicted molar refractivity (Wildman–Crippen MR) is 58.7 cm³/mol. The zero-order valence-corrected chi connectivity index (χ0v) is 8.36. The SMILES string of the molecule is Nc1ccc2nc(OCC3CC3)[nH]c2c1. The summed E-state index contributed by atoms with van der Waals surface area (Å²) in [6, 6.07) is 6.20. The molecule has 1 saturated carbocycles. The monoisotopic (exact) mass is 203 g/mol. The summed E-state index contributed by atoms with van der Waals surface area (Å²) in [4.78, 5) is 7.43. The average molecular weight is 203 g/mol. The number of nitrogen functional groups attached to an aromatic ring is 1. The second-order valence-corrected chi connectivity index (χ2v) is 4.07. The van der Waals surface area contributed by atoms with Crippen LogP contribution in [0, 0.1) is 5.92 Å². The van der Waals surface area contributed by atoms with Crippen molar-refractivity contribution in [1.82, 2.24) is 9.97 Å². The van der Waals surface area contributed by atoms with Crippen molar-refractivity contribution in [3.05, 3.63) is 18.2 Å². The molecule has 0 atom stereocenters. The van der Waals surface area contributed by atoms with Gasteiger partial charge in [0.1, 0.15) is 0 Å². The molecule has 3 rings (SSSR count). The second-order valence-electron chi connectivity index (χ2n) is 4.07. The van der Waals surface area contributed by atoms with Crippen molar-refractivity contribution in [2.24, 2.45) is 5.92 Å². The Morgan fingerprint density at radius 3 is 3.13 bits per heavy atom. The highest BCUT2D eigenvalue weighted by Crippen LogP contribution is 2.29. The Kier molecular flexibility index (Phi) is 1.80. The summed E-state index contributed by atoms with van der Waals surface area (Å²) in [6.07, 6.45) is 2.57. The Hall–Kier alpha value is -1.71. The molecule has 4 nitrogen and oxygen atoms in total. The fraction of sp³-hybridized carbons (Fsp3) is 0.364. The first-order chi connectivity index (χ1) is 7.31. The van der Waals surface area contributed by atoms with Crippen molar-refractivity contribution in [2.45, 2.75) is 12.8 Å². The van der Waals surface area contributed by atoms with Crippen molar-refractivity contribution in [2.75, 3.05) is 12.3 Å². The fourth-order valence-corrected chi connectivity index (χ4v) is 1.55. The van der Waals surface area contributed by atoms with Gasteiger partial charge in [-0.2, -0.15) is 4.98 Å². The van der Waals surface area contributed by atoms with Crippen LogP contribution in [0.1, 0.15) is 12.8 Å². The zero-order valence-electron chi connectivity index (χ0n) is 8.36. The molecular formula is C11H13N3O. The molecule has 1 heterocycles. The number of nitrogens with zero attached hydrogens (tertiary/aromatic N) is 1. The molecule has 0 amide bonds. The minimum Gasteiger partial charge on any atom is -0.465 e. The Labute approximate surface area is 87.4 Å². The Balaban J connectivity index is 1.84. The highest BCUT2D eigenvalue weighted by molar-refractivity contribution is 5.79. The summed E-state index contributed by atoms with van der Waals surface area (Å²) < 4.78 is 5.55. The number of rotatable bonds is 3. The zero-order chi connectivity index (χ0) is 10.3. The number of nitrogens with one attached hydrogen (secondary N) is 1. The van der Waals surface area contributed by atoms with Crippen LogP contribution < -0.4 is 10.5 Å². The molecule has 15 heavy (non-hydrogen) atoms. The van der Waals surface area contributed by atoms with Crippen molar-refractivity contribution in [1.29, 1.82) is 0 Å². The molecular weight excluding hydrogens is 190 g/mol. The van der Waals surface area contributed by atoms with Gasteiger partial charge < -0.3 is 15.5 Å². The Bertz CT molecular complexity index is 488. The number of H-pyrrole nitrogens is 1. The van der Waals surface area contributed by atoms with Crippen LogP contribution in [0.2, 0.25) is 0 Å². The van der Waals surface area contributed by atoms with E-state index in [4.69, 9.17) is 10.5 Å². The van der Waals surface area contributed by atoms with Gasteiger partial charge in [0.05, 0.1) is 17.6 Å². The van der Waals surface area contributed by atoms with Crippen molar-refractivity contribution < 1.29 is 4.74 Å². The maximum absolute atomic E-state index is 5.68. The van der Waals surface area contributed by atoms with E-state index in [1.807, 2.05) is 18.2 Å². The van der Waals surface area contributed by atoms with Crippen molar-refractivity contribution in [3.8, 4) is 6.01 Å². The van der Waals surface area contributed by atoms with Crippen LogP contribution in [0.15, 0.2) is 18.2 Å². The third kappa shape index (κ3) is 1.75. The number of aromatic amines is 1. The first kappa shape index (κ1) is 8.59. The molecule has 1 aliphatic rings. The lowest BCUT2D eigenvalue weighted by Crippen LogP contribution is -1.99. The number of anilines is 1. The quantitative estimate of drug-likeness (QED) is 0.749. The maximum Gasteiger partial charge on any atom is 0.294 e. The Morgan fingerprint density at radius 2 is 2.33 bits per heavy atom. The van der Waals surface area contributed by atoms with E-state index in [9.17, 15) is 0 Å². The molecule has 4 heteroatoms. The third-order valence-electron chi connectivity index (χ3n) is 2.64. The summed E-state index contributed by atoms with van der Waals surface area (Å²) in [7, 11) is 0. The molecule has 0 spiro atoms. The summed E-state index contributed by atoms with van der Waals surface area (Å²) in [5, 5.41) is 0. The summed E-state index contributed by atoms with van der Waals surface area (Å²) in [5.74, 6) is 0.739. The number of ether oxygens (including phenoxy) is 1. The number of aromatic nitrogens is 2. The van der Waals surface area contributed by atoms with Gasteiger partial charge in [0, 0.05) is 5.69 Å². The lowest BCUT2D eigenvalue weighted by atomic mass is 10.3. The van der Waals surface area contributed by atoms with Gasteiger partial charge in [-0.1, -0.05) is 0 Å².